The van der Waals surface area contributed by atoms with Crippen molar-refractivity contribution in [3.05, 3.63) is 10.7 Å². The van der Waals surface area contributed by atoms with Crippen LogP contribution in [0.4, 0.5) is 9.80 Å². The number of carbonyl (C=O) groups excluding carboxylic acids is 1. The number of carbonyl (C=O) groups is 1. The van der Waals surface area contributed by atoms with Crippen LogP contribution in [-0.4, -0.2) is 16.7 Å². The number of hydrogen-bond donors (Lipinski definition) is 1. The first-order valence-corrected chi connectivity index (χ1v) is 6.09. The second-order valence-electron chi connectivity index (χ2n) is 4.50. The summed E-state index contributed by atoms with van der Waals surface area (Å²) in [5.74, 6) is 0. The van der Waals surface area contributed by atoms with Gasteiger partial charge in [-0.05, 0) is 34.1 Å². The Morgan fingerprint density at radius 1 is 1.50 bits per heavy atom. The third-order valence-corrected chi connectivity index (χ3v) is 2.98. The van der Waals surface area contributed by atoms with Crippen LogP contribution >= 0.6 is 11.3 Å². The molecule has 0 saturated carbocycles. The Morgan fingerprint density at radius 2 is 2.12 bits per heavy atom. The van der Waals surface area contributed by atoms with Crippen molar-refractivity contribution in [2.75, 3.05) is 5.32 Å². The Hall–Kier alpha value is -1.10. The minimum Gasteiger partial charge on any atom is -0.444 e. The van der Waals surface area contributed by atoms with E-state index in [1.807, 2.05) is 34.6 Å². The molecule has 1 amide bonds. The number of thiazole rings is 1. The lowest BCUT2D eigenvalue weighted by Gasteiger charge is -2.19. The number of aryl methyl sites for hydroxylation is 2. The molecule has 0 bridgehead atoms. The van der Waals surface area contributed by atoms with Gasteiger partial charge in [-0.15, -0.1) is 11.3 Å². The molecule has 0 aliphatic carbocycles. The fraction of sp³-hybridized carbons (Fsp3) is 0.636. The molecule has 0 fully saturated rings. The van der Waals surface area contributed by atoms with Gasteiger partial charge in [0.15, 0.2) is 0 Å². The predicted molar refractivity (Wildman–Crippen MR) is 66.1 cm³/mol. The van der Waals surface area contributed by atoms with Gasteiger partial charge in [-0.2, -0.15) is 0 Å². The van der Waals surface area contributed by atoms with E-state index in [0.717, 1.165) is 22.1 Å². The maximum Gasteiger partial charge on any atom is 0.412 e. The number of amides is 1. The van der Waals surface area contributed by atoms with E-state index >= 15 is 0 Å². The van der Waals surface area contributed by atoms with E-state index in [1.165, 1.54) is 11.3 Å². The van der Waals surface area contributed by atoms with Gasteiger partial charge >= 0.3 is 6.09 Å². The molecule has 0 aliphatic heterocycles. The van der Waals surface area contributed by atoms with Gasteiger partial charge in [-0.25, -0.2) is 9.78 Å². The van der Waals surface area contributed by atoms with E-state index in [-0.39, 0.29) is 0 Å². The van der Waals surface area contributed by atoms with Crippen LogP contribution in [0.2, 0.25) is 0 Å². The lowest BCUT2D eigenvalue weighted by Crippen LogP contribution is -2.27. The van der Waals surface area contributed by atoms with Crippen LogP contribution < -0.4 is 5.32 Å². The SMILES string of the molecule is CCc1nc(C)c(NC(=O)OC(C)(C)C)s1. The fourth-order valence-corrected chi connectivity index (χ4v) is 2.01. The summed E-state index contributed by atoms with van der Waals surface area (Å²) >= 11 is 1.49. The van der Waals surface area contributed by atoms with Crippen molar-refractivity contribution in [3.8, 4) is 0 Å². The standard InChI is InChI=1S/C11H18N2O2S/c1-6-8-12-7(2)9(16-8)13-10(14)15-11(3,4)5/h6H2,1-5H3,(H,13,14). The number of rotatable bonds is 2. The lowest BCUT2D eigenvalue weighted by molar-refractivity contribution is 0.0636. The molecule has 1 heterocycles. The summed E-state index contributed by atoms with van der Waals surface area (Å²) in [7, 11) is 0. The molecule has 0 atom stereocenters. The van der Waals surface area contributed by atoms with Crippen molar-refractivity contribution in [2.45, 2.75) is 46.6 Å². The van der Waals surface area contributed by atoms with Gasteiger partial charge < -0.3 is 4.74 Å². The molecule has 1 aromatic heterocycles. The summed E-state index contributed by atoms with van der Waals surface area (Å²) in [6.07, 6.45) is 0.448. The molecular weight excluding hydrogens is 224 g/mol. The van der Waals surface area contributed by atoms with E-state index in [0.29, 0.717) is 0 Å². The average molecular weight is 242 g/mol. The lowest BCUT2D eigenvalue weighted by atomic mass is 10.2. The van der Waals surface area contributed by atoms with Crippen molar-refractivity contribution in [3.63, 3.8) is 0 Å². The Balaban J connectivity index is 2.66. The van der Waals surface area contributed by atoms with E-state index in [2.05, 4.69) is 10.3 Å². The maximum atomic E-state index is 11.5. The summed E-state index contributed by atoms with van der Waals surface area (Å²) in [6.45, 7) is 9.43. The molecule has 0 saturated heterocycles. The molecule has 0 unspecified atom stereocenters. The van der Waals surface area contributed by atoms with Gasteiger partial charge in [0, 0.05) is 0 Å². The highest BCUT2D eigenvalue weighted by Crippen LogP contribution is 2.24. The first kappa shape index (κ1) is 13.0. The highest BCUT2D eigenvalue weighted by molar-refractivity contribution is 7.16. The highest BCUT2D eigenvalue weighted by atomic mass is 32.1. The van der Waals surface area contributed by atoms with Crippen molar-refractivity contribution in [2.24, 2.45) is 0 Å². The summed E-state index contributed by atoms with van der Waals surface area (Å²) in [5, 5.41) is 4.50. The van der Waals surface area contributed by atoms with E-state index in [1.54, 1.807) is 0 Å². The normalized spacial score (nSPS) is 11.3. The van der Waals surface area contributed by atoms with Crippen LogP contribution in [0.25, 0.3) is 0 Å². The van der Waals surface area contributed by atoms with E-state index in [4.69, 9.17) is 4.74 Å². The number of anilines is 1. The summed E-state index contributed by atoms with van der Waals surface area (Å²) < 4.78 is 5.17. The van der Waals surface area contributed by atoms with Crippen LogP contribution in [0, 0.1) is 6.92 Å². The number of nitrogens with one attached hydrogen (secondary N) is 1. The van der Waals surface area contributed by atoms with E-state index < -0.39 is 11.7 Å². The van der Waals surface area contributed by atoms with Gasteiger partial charge in [-0.1, -0.05) is 6.92 Å². The van der Waals surface area contributed by atoms with Gasteiger partial charge in [-0.3, -0.25) is 5.32 Å². The third kappa shape index (κ3) is 3.81. The zero-order valence-electron chi connectivity index (χ0n) is 10.4. The van der Waals surface area contributed by atoms with Crippen LogP contribution in [0.1, 0.15) is 38.4 Å². The second-order valence-corrected chi connectivity index (χ2v) is 5.59. The van der Waals surface area contributed by atoms with Crippen molar-refractivity contribution < 1.29 is 9.53 Å². The number of nitrogens with zero attached hydrogens (tertiary/aromatic N) is 1. The molecule has 16 heavy (non-hydrogen) atoms. The smallest absolute Gasteiger partial charge is 0.412 e. The van der Waals surface area contributed by atoms with Crippen molar-refractivity contribution in [1.29, 1.82) is 0 Å². The fourth-order valence-electron chi connectivity index (χ4n) is 1.12. The molecular formula is C11H18N2O2S. The Kier molecular flexibility index (Phi) is 3.91. The zero-order chi connectivity index (χ0) is 12.3. The topological polar surface area (TPSA) is 51.2 Å². The quantitative estimate of drug-likeness (QED) is 0.865. The van der Waals surface area contributed by atoms with Crippen molar-refractivity contribution in [1.82, 2.24) is 4.98 Å². The molecule has 1 aromatic rings. The van der Waals surface area contributed by atoms with Crippen LogP contribution in [0.15, 0.2) is 0 Å². The van der Waals surface area contributed by atoms with Gasteiger partial charge in [0.1, 0.15) is 10.6 Å². The molecule has 0 aromatic carbocycles. The molecule has 0 aliphatic rings. The average Bonchev–Trinajstić information content (AvgIpc) is 2.44. The van der Waals surface area contributed by atoms with Crippen LogP contribution in [0.5, 0.6) is 0 Å². The summed E-state index contributed by atoms with van der Waals surface area (Å²) in [6, 6.07) is 0. The molecule has 5 heteroatoms. The first-order chi connectivity index (χ1) is 7.31. The first-order valence-electron chi connectivity index (χ1n) is 5.28. The summed E-state index contributed by atoms with van der Waals surface area (Å²) in [4.78, 5) is 15.9. The number of ether oxygens (including phenoxy) is 1. The zero-order valence-corrected chi connectivity index (χ0v) is 11.2. The molecule has 0 radical (unpaired) electrons. The minimum atomic E-state index is -0.476. The molecule has 4 nitrogen and oxygen atoms in total. The molecule has 0 spiro atoms. The molecule has 1 rings (SSSR count). The van der Waals surface area contributed by atoms with Crippen LogP contribution in [0.3, 0.4) is 0 Å². The van der Waals surface area contributed by atoms with Crippen LogP contribution in [-0.2, 0) is 11.2 Å². The highest BCUT2D eigenvalue weighted by Gasteiger charge is 2.17. The molecule has 90 valence electrons. The molecule has 1 N–H and O–H groups in total. The monoisotopic (exact) mass is 242 g/mol. The second kappa shape index (κ2) is 4.82. The van der Waals surface area contributed by atoms with Gasteiger partial charge in [0.25, 0.3) is 0 Å². The van der Waals surface area contributed by atoms with E-state index in [9.17, 15) is 4.79 Å². The number of aromatic nitrogens is 1. The van der Waals surface area contributed by atoms with Gasteiger partial charge in [0.2, 0.25) is 0 Å². The van der Waals surface area contributed by atoms with Crippen molar-refractivity contribution >= 4 is 22.4 Å². The Morgan fingerprint density at radius 3 is 2.56 bits per heavy atom. The summed E-state index contributed by atoms with van der Waals surface area (Å²) in [5.41, 5.74) is 0.365. The van der Waals surface area contributed by atoms with Gasteiger partial charge in [0.05, 0.1) is 10.7 Å². The maximum absolute atomic E-state index is 11.5. The Labute approximate surface area is 100 Å². The minimum absolute atomic E-state index is 0.429. The largest absolute Gasteiger partial charge is 0.444 e. The Bertz CT molecular complexity index is 380. The number of hydrogen-bond acceptors (Lipinski definition) is 4. The predicted octanol–water partition coefficient (Wildman–Crippen LogP) is 3.36. The third-order valence-electron chi connectivity index (χ3n) is 1.76.